The van der Waals surface area contributed by atoms with Gasteiger partial charge in [0.2, 0.25) is 0 Å². The van der Waals surface area contributed by atoms with Crippen molar-refractivity contribution >= 4 is 17.0 Å². The van der Waals surface area contributed by atoms with Gasteiger partial charge in [-0.3, -0.25) is 5.10 Å². The molecule has 2 aromatic rings. The first-order valence-electron chi connectivity index (χ1n) is 4.75. The minimum atomic E-state index is 0.741. The topological polar surface area (TPSA) is 54.7 Å². The third-order valence-electron chi connectivity index (χ3n) is 2.66. The zero-order chi connectivity index (χ0) is 9.54. The number of aryl methyl sites for hydroxylation is 2. The van der Waals surface area contributed by atoms with Crippen LogP contribution < -0.4 is 5.73 Å². The van der Waals surface area contributed by atoms with Gasteiger partial charge in [0.1, 0.15) is 0 Å². The van der Waals surface area contributed by atoms with E-state index in [1.807, 2.05) is 11.3 Å². The molecular weight excluding hydrogens is 194 g/mol. The average molecular weight is 205 g/mol. The largest absolute Gasteiger partial charge is 0.396 e. The first-order chi connectivity index (χ1) is 6.84. The summed E-state index contributed by atoms with van der Waals surface area (Å²) in [5.74, 6) is 0. The fraction of sp³-hybridized carbons (Fsp3) is 0.300. The first-order valence-corrected chi connectivity index (χ1v) is 5.57. The van der Waals surface area contributed by atoms with E-state index in [2.05, 4.69) is 16.3 Å². The second-order valence-electron chi connectivity index (χ2n) is 3.61. The summed E-state index contributed by atoms with van der Waals surface area (Å²) in [4.78, 5) is 2.75. The van der Waals surface area contributed by atoms with Crippen LogP contribution in [0.4, 0.5) is 5.69 Å². The van der Waals surface area contributed by atoms with Crippen LogP contribution in [0.25, 0.3) is 10.6 Å². The van der Waals surface area contributed by atoms with E-state index < -0.39 is 0 Å². The lowest BCUT2D eigenvalue weighted by atomic mass is 10.2. The summed E-state index contributed by atoms with van der Waals surface area (Å²) >= 11 is 1.84. The van der Waals surface area contributed by atoms with Crippen molar-refractivity contribution < 1.29 is 0 Å². The lowest BCUT2D eigenvalue weighted by molar-refractivity contribution is 0.915. The Morgan fingerprint density at radius 2 is 2.36 bits per heavy atom. The molecule has 0 saturated heterocycles. The van der Waals surface area contributed by atoms with Crippen LogP contribution >= 0.6 is 11.3 Å². The zero-order valence-electron chi connectivity index (χ0n) is 7.71. The van der Waals surface area contributed by atoms with E-state index >= 15 is 0 Å². The molecule has 14 heavy (non-hydrogen) atoms. The molecule has 0 radical (unpaired) electrons. The van der Waals surface area contributed by atoms with Gasteiger partial charge in [-0.1, -0.05) is 0 Å². The predicted molar refractivity (Wildman–Crippen MR) is 58.3 cm³/mol. The van der Waals surface area contributed by atoms with Crippen LogP contribution in [0, 0.1) is 0 Å². The number of hydrogen-bond acceptors (Lipinski definition) is 3. The van der Waals surface area contributed by atoms with Crippen molar-refractivity contribution in [1.82, 2.24) is 10.2 Å². The molecule has 0 aliphatic heterocycles. The summed E-state index contributed by atoms with van der Waals surface area (Å²) in [6, 6.07) is 2.25. The van der Waals surface area contributed by atoms with Gasteiger partial charge in [-0.2, -0.15) is 5.10 Å². The summed E-state index contributed by atoms with van der Waals surface area (Å²) in [6.45, 7) is 0. The molecule has 1 aliphatic carbocycles. The summed E-state index contributed by atoms with van der Waals surface area (Å²) in [5.41, 5.74) is 9.02. The molecule has 0 aromatic carbocycles. The summed E-state index contributed by atoms with van der Waals surface area (Å²) in [6.07, 6.45) is 5.42. The van der Waals surface area contributed by atoms with E-state index in [9.17, 15) is 0 Å². The average Bonchev–Trinajstić information content (AvgIpc) is 2.75. The van der Waals surface area contributed by atoms with Gasteiger partial charge in [0, 0.05) is 4.88 Å². The molecule has 4 heteroatoms. The molecule has 0 unspecified atom stereocenters. The molecule has 3 rings (SSSR count). The van der Waals surface area contributed by atoms with E-state index in [4.69, 9.17) is 5.73 Å². The van der Waals surface area contributed by atoms with Crippen LogP contribution in [0.5, 0.6) is 0 Å². The number of nitrogens with one attached hydrogen (secondary N) is 1. The van der Waals surface area contributed by atoms with E-state index in [1.165, 1.54) is 34.6 Å². The molecule has 0 amide bonds. The number of thiophene rings is 1. The Labute approximate surface area is 86.0 Å². The van der Waals surface area contributed by atoms with Crippen molar-refractivity contribution in [3.8, 4) is 10.6 Å². The molecule has 72 valence electrons. The van der Waals surface area contributed by atoms with E-state index in [0.29, 0.717) is 0 Å². The van der Waals surface area contributed by atoms with Crippen molar-refractivity contribution in [3.05, 3.63) is 22.7 Å². The lowest BCUT2D eigenvalue weighted by Crippen LogP contribution is -1.84. The van der Waals surface area contributed by atoms with Crippen LogP contribution in [0.2, 0.25) is 0 Å². The Morgan fingerprint density at radius 1 is 1.43 bits per heavy atom. The number of fused-ring (bicyclic) bond motifs is 1. The number of aromatic amines is 1. The quantitative estimate of drug-likeness (QED) is 0.750. The number of anilines is 1. The molecular formula is C10H11N3S. The van der Waals surface area contributed by atoms with Crippen molar-refractivity contribution in [2.45, 2.75) is 19.3 Å². The highest BCUT2D eigenvalue weighted by molar-refractivity contribution is 7.15. The number of nitrogens with zero attached hydrogens (tertiary/aromatic N) is 1. The number of aromatic nitrogens is 2. The van der Waals surface area contributed by atoms with E-state index in [0.717, 1.165) is 11.4 Å². The van der Waals surface area contributed by atoms with Crippen LogP contribution in [-0.2, 0) is 12.8 Å². The van der Waals surface area contributed by atoms with E-state index in [1.54, 1.807) is 6.20 Å². The van der Waals surface area contributed by atoms with Gasteiger partial charge in [0.15, 0.2) is 0 Å². The molecule has 3 nitrogen and oxygen atoms in total. The molecule has 0 bridgehead atoms. The van der Waals surface area contributed by atoms with Gasteiger partial charge >= 0.3 is 0 Å². The van der Waals surface area contributed by atoms with Crippen LogP contribution in [-0.4, -0.2) is 10.2 Å². The van der Waals surface area contributed by atoms with Crippen molar-refractivity contribution in [3.63, 3.8) is 0 Å². The Morgan fingerprint density at radius 3 is 3.07 bits per heavy atom. The van der Waals surface area contributed by atoms with Crippen molar-refractivity contribution in [1.29, 1.82) is 0 Å². The highest BCUT2D eigenvalue weighted by atomic mass is 32.1. The second-order valence-corrected chi connectivity index (χ2v) is 4.75. The number of H-pyrrole nitrogens is 1. The number of nitrogens with two attached hydrogens (primary N) is 1. The first kappa shape index (κ1) is 8.05. The maximum atomic E-state index is 5.80. The maximum absolute atomic E-state index is 5.80. The monoisotopic (exact) mass is 205 g/mol. The van der Waals surface area contributed by atoms with Gasteiger partial charge in [0.05, 0.1) is 22.5 Å². The molecule has 0 fully saturated rings. The number of rotatable bonds is 1. The molecule has 2 aromatic heterocycles. The van der Waals surface area contributed by atoms with Crippen LogP contribution in [0.3, 0.4) is 0 Å². The molecule has 2 heterocycles. The minimum Gasteiger partial charge on any atom is -0.396 e. The SMILES string of the molecule is Nc1cn[nH]c1-c1cc2c(s1)CCC2. The molecule has 0 spiro atoms. The van der Waals surface area contributed by atoms with Crippen molar-refractivity contribution in [2.75, 3.05) is 5.73 Å². The van der Waals surface area contributed by atoms with Gasteiger partial charge in [0.25, 0.3) is 0 Å². The summed E-state index contributed by atoms with van der Waals surface area (Å²) < 4.78 is 0. The predicted octanol–water partition coefficient (Wildman–Crippen LogP) is 2.21. The van der Waals surface area contributed by atoms with E-state index in [-0.39, 0.29) is 0 Å². The third kappa shape index (κ3) is 1.07. The summed E-state index contributed by atoms with van der Waals surface area (Å²) in [5, 5.41) is 6.88. The zero-order valence-corrected chi connectivity index (χ0v) is 8.53. The Bertz CT molecular complexity index is 448. The smallest absolute Gasteiger partial charge is 0.0979 e. The molecule has 0 atom stereocenters. The molecule has 3 N–H and O–H groups in total. The highest BCUT2D eigenvalue weighted by Crippen LogP contribution is 2.37. The highest BCUT2D eigenvalue weighted by Gasteiger charge is 2.17. The fourth-order valence-corrected chi connectivity index (χ4v) is 3.22. The van der Waals surface area contributed by atoms with Gasteiger partial charge in [-0.25, -0.2) is 0 Å². The third-order valence-corrected chi connectivity index (χ3v) is 3.92. The van der Waals surface area contributed by atoms with Crippen LogP contribution in [0.1, 0.15) is 16.9 Å². The Kier molecular flexibility index (Phi) is 1.64. The minimum absolute atomic E-state index is 0.741. The van der Waals surface area contributed by atoms with Crippen LogP contribution in [0.15, 0.2) is 12.3 Å². The number of nitrogen functional groups attached to an aromatic ring is 1. The fourth-order valence-electron chi connectivity index (χ4n) is 1.95. The lowest BCUT2D eigenvalue weighted by Gasteiger charge is -1.93. The Hall–Kier alpha value is -1.29. The standard InChI is InChI=1S/C10H11N3S/c11-7-5-12-13-10(7)9-4-6-2-1-3-8(6)14-9/h4-5H,1-3,11H2,(H,12,13). The summed E-state index contributed by atoms with van der Waals surface area (Å²) in [7, 11) is 0. The normalized spacial score (nSPS) is 14.6. The second kappa shape index (κ2) is 2.85. The number of hydrogen-bond donors (Lipinski definition) is 2. The van der Waals surface area contributed by atoms with Gasteiger partial charge in [-0.05, 0) is 30.9 Å². The Balaban J connectivity index is 2.09. The maximum Gasteiger partial charge on any atom is 0.0979 e. The van der Waals surface area contributed by atoms with Gasteiger partial charge in [-0.15, -0.1) is 11.3 Å². The van der Waals surface area contributed by atoms with Crippen molar-refractivity contribution in [2.24, 2.45) is 0 Å². The molecule has 0 saturated carbocycles. The van der Waals surface area contributed by atoms with Gasteiger partial charge < -0.3 is 5.73 Å². The molecule has 1 aliphatic rings.